The van der Waals surface area contributed by atoms with E-state index >= 15 is 0 Å². The molecular weight excluding hydrogens is 380 g/mol. The molecule has 5 nitrogen and oxygen atoms in total. The van der Waals surface area contributed by atoms with Crippen molar-refractivity contribution in [2.24, 2.45) is 0 Å². The molecule has 0 bridgehead atoms. The molecule has 0 atom stereocenters. The zero-order valence-corrected chi connectivity index (χ0v) is 15.2. The summed E-state index contributed by atoms with van der Waals surface area (Å²) in [5.74, 6) is -0.255. The summed E-state index contributed by atoms with van der Waals surface area (Å²) in [6, 6.07) is 12.4. The molecule has 0 saturated heterocycles. The maximum Gasteiger partial charge on any atom is 0.243 e. The van der Waals surface area contributed by atoms with E-state index in [2.05, 4.69) is 26.6 Å². The molecule has 23 heavy (non-hydrogen) atoms. The number of amides is 1. The average Bonchev–Trinajstić information content (AvgIpc) is 2.43. The van der Waals surface area contributed by atoms with Crippen LogP contribution in [0.1, 0.15) is 5.56 Å². The van der Waals surface area contributed by atoms with Gasteiger partial charge in [0.05, 0.1) is 12.2 Å². The summed E-state index contributed by atoms with van der Waals surface area (Å²) >= 11 is 3.23. The van der Waals surface area contributed by atoms with Crippen LogP contribution in [-0.2, 0) is 14.6 Å². The molecule has 2 rings (SSSR count). The van der Waals surface area contributed by atoms with Crippen molar-refractivity contribution in [3.05, 3.63) is 52.5 Å². The topological polar surface area (TPSA) is 75.3 Å². The van der Waals surface area contributed by atoms with Crippen molar-refractivity contribution >= 4 is 43.0 Å². The Bertz CT molecular complexity index is 835. The van der Waals surface area contributed by atoms with E-state index in [0.717, 1.165) is 11.8 Å². The maximum absolute atomic E-state index is 12.0. The zero-order valence-electron chi connectivity index (χ0n) is 12.8. The van der Waals surface area contributed by atoms with Crippen LogP contribution in [-0.4, -0.2) is 27.1 Å². The molecule has 2 N–H and O–H groups in total. The number of carbonyl (C=O) groups is 1. The predicted octanol–water partition coefficient (Wildman–Crippen LogP) is 3.21. The number of aryl methyl sites for hydroxylation is 1. The third kappa shape index (κ3) is 4.80. The molecule has 1 amide bonds. The summed E-state index contributed by atoms with van der Waals surface area (Å²) in [6.07, 6.45) is 1.13. The Morgan fingerprint density at radius 1 is 1.17 bits per heavy atom. The summed E-state index contributed by atoms with van der Waals surface area (Å²) in [6.45, 7) is 1.90. The van der Waals surface area contributed by atoms with Crippen LogP contribution in [0, 0.1) is 6.92 Å². The second-order valence-electron chi connectivity index (χ2n) is 5.16. The Hall–Kier alpha value is -1.86. The van der Waals surface area contributed by atoms with Gasteiger partial charge in [0.25, 0.3) is 0 Å². The molecule has 122 valence electrons. The second-order valence-corrected chi connectivity index (χ2v) is 7.97. The molecule has 0 aliphatic carbocycles. The number of benzene rings is 2. The minimum absolute atomic E-state index is 0.0348. The smallest absolute Gasteiger partial charge is 0.243 e. The van der Waals surface area contributed by atoms with Gasteiger partial charge in [0.1, 0.15) is 4.90 Å². The lowest BCUT2D eigenvalue weighted by atomic mass is 10.2. The van der Waals surface area contributed by atoms with E-state index in [1.54, 1.807) is 24.3 Å². The van der Waals surface area contributed by atoms with Crippen LogP contribution >= 0.6 is 15.9 Å². The van der Waals surface area contributed by atoms with Gasteiger partial charge in [0.2, 0.25) is 5.91 Å². The molecule has 0 spiro atoms. The number of carbonyl (C=O) groups excluding carboxylic acids is 1. The van der Waals surface area contributed by atoms with Crippen molar-refractivity contribution in [2.75, 3.05) is 23.4 Å². The fourth-order valence-electron chi connectivity index (χ4n) is 2.13. The maximum atomic E-state index is 12.0. The van der Waals surface area contributed by atoms with Crippen molar-refractivity contribution < 1.29 is 13.2 Å². The lowest BCUT2D eigenvalue weighted by Gasteiger charge is -2.12. The van der Waals surface area contributed by atoms with Crippen molar-refractivity contribution in [3.63, 3.8) is 0 Å². The first-order valence-electron chi connectivity index (χ1n) is 6.86. The van der Waals surface area contributed by atoms with Gasteiger partial charge in [-0.1, -0.05) is 18.2 Å². The summed E-state index contributed by atoms with van der Waals surface area (Å²) in [5, 5.41) is 5.64. The van der Waals surface area contributed by atoms with Crippen molar-refractivity contribution in [2.45, 2.75) is 11.8 Å². The number of halogens is 1. The van der Waals surface area contributed by atoms with Gasteiger partial charge in [-0.05, 0) is 52.7 Å². The molecule has 0 fully saturated rings. The first-order chi connectivity index (χ1) is 10.8. The van der Waals surface area contributed by atoms with E-state index in [4.69, 9.17) is 0 Å². The van der Waals surface area contributed by atoms with E-state index in [1.807, 2.05) is 25.1 Å². The van der Waals surface area contributed by atoms with Crippen molar-refractivity contribution in [3.8, 4) is 0 Å². The van der Waals surface area contributed by atoms with Gasteiger partial charge in [-0.2, -0.15) is 0 Å². The fraction of sp³-hybridized carbons (Fsp3) is 0.188. The monoisotopic (exact) mass is 396 g/mol. The van der Waals surface area contributed by atoms with Gasteiger partial charge in [0.15, 0.2) is 9.84 Å². The van der Waals surface area contributed by atoms with E-state index in [0.29, 0.717) is 15.8 Å². The lowest BCUT2D eigenvalue weighted by Crippen LogP contribution is -2.22. The minimum Gasteiger partial charge on any atom is -0.375 e. The molecule has 0 unspecified atom stereocenters. The number of rotatable bonds is 5. The van der Waals surface area contributed by atoms with Crippen molar-refractivity contribution in [1.29, 1.82) is 0 Å². The Morgan fingerprint density at radius 2 is 1.87 bits per heavy atom. The molecule has 2 aromatic rings. The van der Waals surface area contributed by atoms with Gasteiger partial charge in [-0.15, -0.1) is 0 Å². The van der Waals surface area contributed by atoms with Gasteiger partial charge in [-0.25, -0.2) is 8.42 Å². The van der Waals surface area contributed by atoms with E-state index in [1.165, 1.54) is 0 Å². The molecule has 0 aliphatic rings. The summed E-state index contributed by atoms with van der Waals surface area (Å²) in [4.78, 5) is 12.2. The predicted molar refractivity (Wildman–Crippen MR) is 95.6 cm³/mol. The van der Waals surface area contributed by atoms with E-state index in [9.17, 15) is 13.2 Å². The fourth-order valence-corrected chi connectivity index (χ4v) is 4.34. The van der Waals surface area contributed by atoms with Gasteiger partial charge < -0.3 is 10.6 Å². The highest BCUT2D eigenvalue weighted by molar-refractivity contribution is 9.10. The van der Waals surface area contributed by atoms with Crippen LogP contribution < -0.4 is 10.6 Å². The van der Waals surface area contributed by atoms with E-state index < -0.39 is 9.84 Å². The van der Waals surface area contributed by atoms with Crippen LogP contribution in [0.5, 0.6) is 0 Å². The largest absolute Gasteiger partial charge is 0.375 e. The summed E-state index contributed by atoms with van der Waals surface area (Å²) < 4.78 is 24.2. The molecule has 0 saturated carbocycles. The molecule has 0 aliphatic heterocycles. The molecule has 0 heterocycles. The molecule has 2 aromatic carbocycles. The standard InChI is InChI=1S/C16H17BrN2O3S/c1-11-5-3-6-12(9-11)19-15(20)10-18-14-8-4-7-13(17)16(14)23(2,21)22/h3-9,18H,10H2,1-2H3,(H,19,20). The summed E-state index contributed by atoms with van der Waals surface area (Å²) in [5.41, 5.74) is 2.14. The Morgan fingerprint density at radius 3 is 2.52 bits per heavy atom. The first kappa shape index (κ1) is 17.5. The van der Waals surface area contributed by atoms with Crippen LogP contribution in [0.2, 0.25) is 0 Å². The number of hydrogen-bond donors (Lipinski definition) is 2. The van der Waals surface area contributed by atoms with Crippen LogP contribution in [0.3, 0.4) is 0 Å². The highest BCUT2D eigenvalue weighted by atomic mass is 79.9. The van der Waals surface area contributed by atoms with Gasteiger partial charge in [-0.3, -0.25) is 4.79 Å². The number of anilines is 2. The first-order valence-corrected chi connectivity index (χ1v) is 9.55. The van der Waals surface area contributed by atoms with Crippen LogP contribution in [0.4, 0.5) is 11.4 Å². The molecular formula is C16H17BrN2O3S. The SMILES string of the molecule is Cc1cccc(NC(=O)CNc2cccc(Br)c2S(C)(=O)=O)c1. The highest BCUT2D eigenvalue weighted by Gasteiger charge is 2.17. The zero-order chi connectivity index (χ0) is 17.0. The third-order valence-electron chi connectivity index (χ3n) is 3.08. The average molecular weight is 397 g/mol. The quantitative estimate of drug-likeness (QED) is 0.813. The van der Waals surface area contributed by atoms with Crippen LogP contribution in [0.25, 0.3) is 0 Å². The minimum atomic E-state index is -3.42. The Balaban J connectivity index is 2.10. The van der Waals surface area contributed by atoms with Gasteiger partial charge in [0, 0.05) is 16.4 Å². The Labute approximate surface area is 144 Å². The van der Waals surface area contributed by atoms with E-state index in [-0.39, 0.29) is 17.3 Å². The number of nitrogens with one attached hydrogen (secondary N) is 2. The van der Waals surface area contributed by atoms with Crippen LogP contribution in [0.15, 0.2) is 51.8 Å². The van der Waals surface area contributed by atoms with Gasteiger partial charge >= 0.3 is 0 Å². The molecule has 0 radical (unpaired) electrons. The number of hydrogen-bond acceptors (Lipinski definition) is 4. The number of sulfone groups is 1. The Kier molecular flexibility index (Phi) is 5.43. The highest BCUT2D eigenvalue weighted by Crippen LogP contribution is 2.29. The summed E-state index contributed by atoms with van der Waals surface area (Å²) in [7, 11) is -3.42. The normalized spacial score (nSPS) is 11.1. The molecule has 0 aromatic heterocycles. The lowest BCUT2D eigenvalue weighted by molar-refractivity contribution is -0.114. The third-order valence-corrected chi connectivity index (χ3v) is 5.18. The second kappa shape index (κ2) is 7.14. The van der Waals surface area contributed by atoms with Crippen molar-refractivity contribution in [1.82, 2.24) is 0 Å². The molecule has 7 heteroatoms.